The Morgan fingerprint density at radius 2 is 2.03 bits per heavy atom. The van der Waals surface area contributed by atoms with Crippen molar-refractivity contribution in [2.45, 2.75) is 20.3 Å². The van der Waals surface area contributed by atoms with Gasteiger partial charge < -0.3 is 9.72 Å². The predicted octanol–water partition coefficient (Wildman–Crippen LogP) is 4.99. The van der Waals surface area contributed by atoms with E-state index in [0.29, 0.717) is 22.6 Å². The second-order valence-corrected chi connectivity index (χ2v) is 7.23. The van der Waals surface area contributed by atoms with Gasteiger partial charge in [0.2, 0.25) is 5.91 Å². The zero-order chi connectivity index (χ0) is 20.5. The summed E-state index contributed by atoms with van der Waals surface area (Å²) in [5.74, 6) is -0.526. The Balaban J connectivity index is 1.77. The number of fused-ring (bicyclic) bond motifs is 1. The largest absolute Gasteiger partial charge is 0.323 e. The van der Waals surface area contributed by atoms with Gasteiger partial charge in [-0.1, -0.05) is 17.7 Å². The number of benzene rings is 1. The van der Waals surface area contributed by atoms with Crippen LogP contribution in [0.4, 0.5) is 10.1 Å². The first-order valence-corrected chi connectivity index (χ1v) is 9.44. The molecule has 3 heterocycles. The molecule has 7 heteroatoms. The molecule has 146 valence electrons. The summed E-state index contributed by atoms with van der Waals surface area (Å²) in [4.78, 5) is 21.4. The molecule has 5 nitrogen and oxygen atoms in total. The van der Waals surface area contributed by atoms with Gasteiger partial charge in [-0.15, -0.1) is 0 Å². The number of carbonyl (C=O) groups excluding carboxylic acids is 1. The first-order chi connectivity index (χ1) is 13.9. The van der Waals surface area contributed by atoms with E-state index in [2.05, 4.69) is 10.3 Å². The highest BCUT2D eigenvalue weighted by molar-refractivity contribution is 6.32. The topological polar surface area (TPSA) is 59.3 Å². The van der Waals surface area contributed by atoms with Crippen molar-refractivity contribution in [2.75, 3.05) is 5.32 Å². The highest BCUT2D eigenvalue weighted by Crippen LogP contribution is 2.27. The molecule has 1 amide bonds. The zero-order valence-electron chi connectivity index (χ0n) is 15.9. The van der Waals surface area contributed by atoms with E-state index in [0.717, 1.165) is 16.8 Å². The SMILES string of the molecule is Cc1ccc2nc(-c3ccc(F)c(C)c3)c(CC(=O)Nc3cccnc3Cl)n2c1. The van der Waals surface area contributed by atoms with Crippen LogP contribution in [0.1, 0.15) is 16.8 Å². The summed E-state index contributed by atoms with van der Waals surface area (Å²) < 4.78 is 15.7. The fourth-order valence-electron chi connectivity index (χ4n) is 3.22. The highest BCUT2D eigenvalue weighted by Gasteiger charge is 2.18. The van der Waals surface area contributed by atoms with Crippen LogP contribution >= 0.6 is 11.6 Å². The van der Waals surface area contributed by atoms with Crippen molar-refractivity contribution in [1.82, 2.24) is 14.4 Å². The predicted molar refractivity (Wildman–Crippen MR) is 112 cm³/mol. The molecule has 0 fully saturated rings. The van der Waals surface area contributed by atoms with Crippen molar-refractivity contribution in [3.8, 4) is 11.3 Å². The first-order valence-electron chi connectivity index (χ1n) is 9.07. The number of carbonyl (C=O) groups is 1. The first kappa shape index (κ1) is 19.1. The van der Waals surface area contributed by atoms with Crippen LogP contribution in [-0.4, -0.2) is 20.3 Å². The number of anilines is 1. The lowest BCUT2D eigenvalue weighted by Crippen LogP contribution is -2.16. The van der Waals surface area contributed by atoms with Crippen molar-refractivity contribution in [2.24, 2.45) is 0 Å². The normalized spacial score (nSPS) is 11.0. The van der Waals surface area contributed by atoms with Crippen LogP contribution in [0.3, 0.4) is 0 Å². The number of imidazole rings is 1. The number of hydrogen-bond acceptors (Lipinski definition) is 3. The molecular weight excluding hydrogens is 391 g/mol. The molecule has 0 radical (unpaired) electrons. The average molecular weight is 409 g/mol. The van der Waals surface area contributed by atoms with Gasteiger partial charge in [-0.3, -0.25) is 4.79 Å². The molecule has 4 aromatic rings. The lowest BCUT2D eigenvalue weighted by Gasteiger charge is -2.09. The molecule has 0 aliphatic carbocycles. The molecule has 0 saturated carbocycles. The number of nitrogens with one attached hydrogen (secondary N) is 1. The van der Waals surface area contributed by atoms with Crippen LogP contribution < -0.4 is 5.32 Å². The monoisotopic (exact) mass is 408 g/mol. The molecule has 0 spiro atoms. The maximum absolute atomic E-state index is 13.8. The van der Waals surface area contributed by atoms with Crippen molar-refractivity contribution in [3.63, 3.8) is 0 Å². The van der Waals surface area contributed by atoms with E-state index >= 15 is 0 Å². The van der Waals surface area contributed by atoms with Gasteiger partial charge in [0.1, 0.15) is 11.5 Å². The number of amides is 1. The van der Waals surface area contributed by atoms with E-state index < -0.39 is 0 Å². The lowest BCUT2D eigenvalue weighted by atomic mass is 10.1. The minimum Gasteiger partial charge on any atom is -0.323 e. The summed E-state index contributed by atoms with van der Waals surface area (Å²) in [7, 11) is 0. The fraction of sp³-hybridized carbons (Fsp3) is 0.136. The average Bonchev–Trinajstić information content (AvgIpc) is 3.03. The van der Waals surface area contributed by atoms with Gasteiger partial charge in [0, 0.05) is 18.0 Å². The third-order valence-electron chi connectivity index (χ3n) is 4.66. The van der Waals surface area contributed by atoms with Crippen LogP contribution in [0.5, 0.6) is 0 Å². The number of aromatic nitrogens is 3. The molecule has 0 unspecified atom stereocenters. The van der Waals surface area contributed by atoms with E-state index in [1.807, 2.05) is 29.7 Å². The molecular formula is C22H18ClFN4O. The summed E-state index contributed by atoms with van der Waals surface area (Å²) in [6.07, 6.45) is 3.56. The van der Waals surface area contributed by atoms with Crippen LogP contribution in [0, 0.1) is 19.7 Å². The number of pyridine rings is 2. The summed E-state index contributed by atoms with van der Waals surface area (Å²) >= 11 is 6.05. The molecule has 0 bridgehead atoms. The number of hydrogen-bond donors (Lipinski definition) is 1. The van der Waals surface area contributed by atoms with Crippen LogP contribution in [0.25, 0.3) is 16.9 Å². The Morgan fingerprint density at radius 3 is 2.79 bits per heavy atom. The molecule has 0 saturated heterocycles. The summed E-state index contributed by atoms with van der Waals surface area (Å²) in [6.45, 7) is 3.68. The molecule has 0 atom stereocenters. The molecule has 29 heavy (non-hydrogen) atoms. The smallest absolute Gasteiger partial charge is 0.230 e. The minimum absolute atomic E-state index is 0.0710. The molecule has 1 aromatic carbocycles. The molecule has 4 rings (SSSR count). The molecule has 3 aromatic heterocycles. The Kier molecular flexibility index (Phi) is 5.03. The van der Waals surface area contributed by atoms with Crippen molar-refractivity contribution in [3.05, 3.63) is 82.6 Å². The quantitative estimate of drug-likeness (QED) is 0.484. The second kappa shape index (κ2) is 7.64. The number of rotatable bonds is 4. The van der Waals surface area contributed by atoms with Gasteiger partial charge in [0.25, 0.3) is 0 Å². The highest BCUT2D eigenvalue weighted by atomic mass is 35.5. The van der Waals surface area contributed by atoms with Gasteiger partial charge >= 0.3 is 0 Å². The number of aryl methyl sites for hydroxylation is 2. The van der Waals surface area contributed by atoms with Crippen LogP contribution in [0.15, 0.2) is 54.9 Å². The second-order valence-electron chi connectivity index (χ2n) is 6.87. The maximum Gasteiger partial charge on any atom is 0.230 e. The van der Waals surface area contributed by atoms with E-state index in [1.165, 1.54) is 6.07 Å². The van der Waals surface area contributed by atoms with Crippen molar-refractivity contribution < 1.29 is 9.18 Å². The van der Waals surface area contributed by atoms with Gasteiger partial charge in [0.15, 0.2) is 5.15 Å². The van der Waals surface area contributed by atoms with Crippen molar-refractivity contribution >= 4 is 28.8 Å². The van der Waals surface area contributed by atoms with Crippen molar-refractivity contribution in [1.29, 1.82) is 0 Å². The van der Waals surface area contributed by atoms with E-state index in [1.54, 1.807) is 37.4 Å². The molecule has 0 aliphatic heterocycles. The fourth-order valence-corrected chi connectivity index (χ4v) is 3.38. The van der Waals surface area contributed by atoms with Gasteiger partial charge in [-0.25, -0.2) is 14.4 Å². The van der Waals surface area contributed by atoms with Crippen LogP contribution in [-0.2, 0) is 11.2 Å². The Labute approximate surface area is 172 Å². The Hall–Kier alpha value is -3.25. The van der Waals surface area contributed by atoms with E-state index in [-0.39, 0.29) is 23.3 Å². The Bertz CT molecular complexity index is 1230. The van der Waals surface area contributed by atoms with E-state index in [9.17, 15) is 9.18 Å². The third-order valence-corrected chi connectivity index (χ3v) is 4.96. The van der Waals surface area contributed by atoms with Gasteiger partial charge in [-0.2, -0.15) is 0 Å². The standard InChI is InChI=1S/C22H18ClFN4O/c1-13-5-8-19-27-21(15-6-7-16(24)14(2)10-15)18(28(19)12-13)11-20(29)26-17-4-3-9-25-22(17)23/h3-10,12H,11H2,1-2H3,(H,26,29). The van der Waals surface area contributed by atoms with E-state index in [4.69, 9.17) is 16.6 Å². The summed E-state index contributed by atoms with van der Waals surface area (Å²) in [5.41, 5.74) is 4.84. The maximum atomic E-state index is 13.8. The summed E-state index contributed by atoms with van der Waals surface area (Å²) in [6, 6.07) is 12.1. The number of nitrogens with zero attached hydrogens (tertiary/aromatic N) is 3. The number of halogens is 2. The zero-order valence-corrected chi connectivity index (χ0v) is 16.7. The Morgan fingerprint density at radius 1 is 1.21 bits per heavy atom. The third kappa shape index (κ3) is 3.84. The molecule has 0 aliphatic rings. The van der Waals surface area contributed by atoms with Gasteiger partial charge in [-0.05, 0) is 61.4 Å². The van der Waals surface area contributed by atoms with Crippen LogP contribution in [0.2, 0.25) is 5.15 Å². The summed E-state index contributed by atoms with van der Waals surface area (Å²) in [5, 5.41) is 3.02. The minimum atomic E-state index is -0.279. The van der Waals surface area contributed by atoms with Gasteiger partial charge in [0.05, 0.1) is 23.5 Å². The lowest BCUT2D eigenvalue weighted by molar-refractivity contribution is -0.115. The molecule has 1 N–H and O–H groups in total.